The summed E-state index contributed by atoms with van der Waals surface area (Å²) in [5.41, 5.74) is 3.93. The Bertz CT molecular complexity index is 1610. The van der Waals surface area contributed by atoms with Crippen LogP contribution in [0.2, 0.25) is 5.02 Å². The Kier molecular flexibility index (Phi) is 6.24. The van der Waals surface area contributed by atoms with Crippen molar-refractivity contribution in [3.05, 3.63) is 125 Å². The number of esters is 1. The third-order valence-corrected chi connectivity index (χ3v) is 5.95. The molecule has 0 bridgehead atoms. The fraction of sp³-hybridized carbons (Fsp3) is 0. The number of hydrazone groups is 1. The first-order valence-corrected chi connectivity index (χ1v) is 11.3. The van der Waals surface area contributed by atoms with Gasteiger partial charge in [0.05, 0.1) is 16.8 Å². The van der Waals surface area contributed by atoms with Crippen LogP contribution in [0.4, 0.5) is 0 Å². The normalized spacial score (nSPS) is 11.1. The Labute approximate surface area is 206 Å². The maximum absolute atomic E-state index is 12.9. The van der Waals surface area contributed by atoms with Gasteiger partial charge in [-0.15, -0.1) is 0 Å². The number of benzene rings is 5. The van der Waals surface area contributed by atoms with Crippen LogP contribution in [0.15, 0.2) is 108 Å². The second kappa shape index (κ2) is 9.79. The van der Waals surface area contributed by atoms with Gasteiger partial charge in [-0.1, -0.05) is 90.5 Å². The molecule has 0 radical (unpaired) electrons. The maximum atomic E-state index is 12.9. The number of nitrogens with zero attached hydrogens (tertiary/aromatic N) is 1. The molecule has 5 aromatic rings. The van der Waals surface area contributed by atoms with Gasteiger partial charge in [-0.2, -0.15) is 5.10 Å². The van der Waals surface area contributed by atoms with E-state index in [1.807, 2.05) is 66.7 Å². The number of carbonyl (C=O) groups is 2. The van der Waals surface area contributed by atoms with Crippen LogP contribution in [0.25, 0.3) is 21.5 Å². The molecule has 0 saturated carbocycles. The third kappa shape index (κ3) is 4.63. The first kappa shape index (κ1) is 22.3. The maximum Gasteiger partial charge on any atom is 0.345 e. The fourth-order valence-electron chi connectivity index (χ4n) is 3.92. The van der Waals surface area contributed by atoms with Crippen molar-refractivity contribution in [3.63, 3.8) is 0 Å². The molecule has 0 aromatic heterocycles. The SMILES string of the molecule is O=C(Oc1ccc2ccccc2c1C=NNC(=O)c1cccc2ccccc12)c1ccccc1Cl. The largest absolute Gasteiger partial charge is 0.422 e. The lowest BCUT2D eigenvalue weighted by Crippen LogP contribution is -2.18. The van der Waals surface area contributed by atoms with Crippen molar-refractivity contribution < 1.29 is 14.3 Å². The molecule has 5 nitrogen and oxygen atoms in total. The molecule has 0 atom stereocenters. The summed E-state index contributed by atoms with van der Waals surface area (Å²) in [7, 11) is 0. The van der Waals surface area contributed by atoms with E-state index < -0.39 is 5.97 Å². The summed E-state index contributed by atoms with van der Waals surface area (Å²) in [5, 5.41) is 8.05. The van der Waals surface area contributed by atoms with Crippen LogP contribution in [0, 0.1) is 0 Å². The molecule has 35 heavy (non-hydrogen) atoms. The molecular weight excluding hydrogens is 460 g/mol. The standard InChI is InChI=1S/C29H19ClN2O3/c30-26-15-6-5-13-24(26)29(34)35-27-17-16-20-9-2-4-12-22(20)25(27)18-31-32-28(33)23-14-7-10-19-8-1-3-11-21(19)23/h1-18H,(H,32,33). The second-order valence-corrected chi connectivity index (χ2v) is 8.20. The number of ether oxygens (including phenoxy) is 1. The Balaban J connectivity index is 1.46. The van der Waals surface area contributed by atoms with Crippen molar-refractivity contribution in [2.75, 3.05) is 0 Å². The summed E-state index contributed by atoms with van der Waals surface area (Å²) in [6.07, 6.45) is 1.49. The summed E-state index contributed by atoms with van der Waals surface area (Å²) in [6, 6.07) is 31.1. The molecule has 0 heterocycles. The molecule has 5 aromatic carbocycles. The predicted molar refractivity (Wildman–Crippen MR) is 139 cm³/mol. The molecule has 6 heteroatoms. The zero-order valence-corrected chi connectivity index (χ0v) is 19.2. The molecule has 0 saturated heterocycles. The number of nitrogens with one attached hydrogen (secondary N) is 1. The van der Waals surface area contributed by atoms with E-state index in [1.54, 1.807) is 36.4 Å². The molecule has 0 spiro atoms. The van der Waals surface area contributed by atoms with E-state index in [1.165, 1.54) is 6.21 Å². The molecule has 1 amide bonds. The Morgan fingerprint density at radius 1 is 0.714 bits per heavy atom. The summed E-state index contributed by atoms with van der Waals surface area (Å²) in [6.45, 7) is 0. The molecular formula is C29H19ClN2O3. The van der Waals surface area contributed by atoms with Gasteiger partial charge >= 0.3 is 5.97 Å². The minimum atomic E-state index is -0.583. The second-order valence-electron chi connectivity index (χ2n) is 7.79. The molecule has 0 unspecified atom stereocenters. The minimum Gasteiger partial charge on any atom is -0.422 e. The van der Waals surface area contributed by atoms with Gasteiger partial charge in [0.25, 0.3) is 5.91 Å². The van der Waals surface area contributed by atoms with Crippen LogP contribution in [-0.4, -0.2) is 18.1 Å². The van der Waals surface area contributed by atoms with Gasteiger partial charge in [0.15, 0.2) is 0 Å². The third-order valence-electron chi connectivity index (χ3n) is 5.62. The number of hydrogen-bond donors (Lipinski definition) is 1. The smallest absolute Gasteiger partial charge is 0.345 e. The highest BCUT2D eigenvalue weighted by Crippen LogP contribution is 2.28. The van der Waals surface area contributed by atoms with E-state index in [2.05, 4.69) is 10.5 Å². The average molecular weight is 479 g/mol. The molecule has 0 aliphatic heterocycles. The van der Waals surface area contributed by atoms with Gasteiger partial charge in [0, 0.05) is 11.1 Å². The average Bonchev–Trinajstić information content (AvgIpc) is 2.89. The Morgan fingerprint density at radius 3 is 2.14 bits per heavy atom. The van der Waals surface area contributed by atoms with E-state index in [0.717, 1.165) is 21.5 Å². The zero-order valence-electron chi connectivity index (χ0n) is 18.4. The van der Waals surface area contributed by atoms with E-state index in [-0.39, 0.29) is 11.5 Å². The topological polar surface area (TPSA) is 67.8 Å². The molecule has 1 N–H and O–H groups in total. The molecule has 5 rings (SSSR count). The van der Waals surface area contributed by atoms with Gasteiger partial charge in [-0.25, -0.2) is 10.2 Å². The lowest BCUT2D eigenvalue weighted by Gasteiger charge is -2.11. The van der Waals surface area contributed by atoms with Crippen molar-refractivity contribution in [1.29, 1.82) is 0 Å². The van der Waals surface area contributed by atoms with Crippen LogP contribution in [0.1, 0.15) is 26.3 Å². The van der Waals surface area contributed by atoms with Crippen molar-refractivity contribution in [2.24, 2.45) is 5.10 Å². The van der Waals surface area contributed by atoms with Gasteiger partial charge in [-0.3, -0.25) is 4.79 Å². The number of halogens is 1. The van der Waals surface area contributed by atoms with Crippen LogP contribution < -0.4 is 10.2 Å². The van der Waals surface area contributed by atoms with Crippen LogP contribution in [-0.2, 0) is 0 Å². The van der Waals surface area contributed by atoms with Gasteiger partial charge < -0.3 is 4.74 Å². The number of hydrogen-bond acceptors (Lipinski definition) is 4. The minimum absolute atomic E-state index is 0.259. The van der Waals surface area contributed by atoms with Crippen molar-refractivity contribution in [1.82, 2.24) is 5.43 Å². The molecule has 170 valence electrons. The summed E-state index contributed by atoms with van der Waals surface area (Å²) >= 11 is 6.16. The van der Waals surface area contributed by atoms with E-state index in [0.29, 0.717) is 21.9 Å². The van der Waals surface area contributed by atoms with Crippen molar-refractivity contribution in [3.8, 4) is 5.75 Å². The number of amides is 1. The number of rotatable bonds is 5. The monoisotopic (exact) mass is 478 g/mol. The van der Waals surface area contributed by atoms with Crippen LogP contribution >= 0.6 is 11.6 Å². The lowest BCUT2D eigenvalue weighted by molar-refractivity contribution is 0.0734. The lowest BCUT2D eigenvalue weighted by atomic mass is 10.0. The Hall–Kier alpha value is -4.48. The zero-order chi connectivity index (χ0) is 24.2. The van der Waals surface area contributed by atoms with Crippen LogP contribution in [0.5, 0.6) is 5.75 Å². The summed E-state index contributed by atoms with van der Waals surface area (Å²) in [4.78, 5) is 25.7. The first-order valence-electron chi connectivity index (χ1n) is 10.9. The Morgan fingerprint density at radius 2 is 1.34 bits per heavy atom. The van der Waals surface area contributed by atoms with Crippen molar-refractivity contribution >= 4 is 51.2 Å². The highest BCUT2D eigenvalue weighted by atomic mass is 35.5. The molecule has 0 fully saturated rings. The van der Waals surface area contributed by atoms with Gasteiger partial charge in [0.2, 0.25) is 0 Å². The van der Waals surface area contributed by atoms with Gasteiger partial charge in [0.1, 0.15) is 5.75 Å². The molecule has 0 aliphatic carbocycles. The van der Waals surface area contributed by atoms with E-state index in [9.17, 15) is 9.59 Å². The summed E-state index contributed by atoms with van der Waals surface area (Å²) in [5.74, 6) is -0.620. The quantitative estimate of drug-likeness (QED) is 0.133. The number of carbonyl (C=O) groups excluding carboxylic acids is 2. The molecule has 0 aliphatic rings. The van der Waals surface area contributed by atoms with E-state index in [4.69, 9.17) is 16.3 Å². The van der Waals surface area contributed by atoms with Crippen LogP contribution in [0.3, 0.4) is 0 Å². The van der Waals surface area contributed by atoms with E-state index >= 15 is 0 Å². The highest BCUT2D eigenvalue weighted by Gasteiger charge is 2.16. The van der Waals surface area contributed by atoms with Crippen molar-refractivity contribution in [2.45, 2.75) is 0 Å². The fourth-order valence-corrected chi connectivity index (χ4v) is 4.13. The number of fused-ring (bicyclic) bond motifs is 2. The van der Waals surface area contributed by atoms with Gasteiger partial charge in [-0.05, 0) is 45.8 Å². The highest BCUT2D eigenvalue weighted by molar-refractivity contribution is 6.33. The summed E-state index contributed by atoms with van der Waals surface area (Å²) < 4.78 is 5.69. The first-order chi connectivity index (χ1) is 17.1. The predicted octanol–water partition coefficient (Wildman–Crippen LogP) is 6.63.